The van der Waals surface area contributed by atoms with Crippen molar-refractivity contribution < 1.29 is 10.0 Å². The number of rotatable bonds is 3. The van der Waals surface area contributed by atoms with Crippen molar-refractivity contribution in [2.24, 2.45) is 5.84 Å². The lowest BCUT2D eigenvalue weighted by molar-refractivity contribution is -0.383. The number of nitrogens with one attached hydrogen (secondary N) is 1. The number of hydrazine groups is 1. The van der Waals surface area contributed by atoms with Crippen molar-refractivity contribution in [1.29, 1.82) is 0 Å². The Bertz CT molecular complexity index is 475. The van der Waals surface area contributed by atoms with E-state index >= 15 is 0 Å². The lowest BCUT2D eigenvalue weighted by Crippen LogP contribution is -2.30. The van der Waals surface area contributed by atoms with Crippen molar-refractivity contribution in [2.45, 2.75) is 18.9 Å². The molecule has 0 saturated carbocycles. The molecule has 4 N–H and O–H groups in total. The molecule has 0 aliphatic carbocycles. The van der Waals surface area contributed by atoms with Gasteiger partial charge in [-0.15, -0.1) is 0 Å². The molecule has 1 aromatic carbocycles. The summed E-state index contributed by atoms with van der Waals surface area (Å²) in [6.45, 7) is 2.69. The van der Waals surface area contributed by atoms with Crippen LogP contribution in [0.3, 0.4) is 0 Å². The van der Waals surface area contributed by atoms with Gasteiger partial charge in [0.1, 0.15) is 11.4 Å². The standard InChI is InChI=1S/C11H16N4O3/c1-11(16)5-6-14(7-11)9-4-2-3-8(13-12)10(9)15(17)18/h2-4,13,16H,5-7,12H2,1H3. The van der Waals surface area contributed by atoms with Gasteiger partial charge in [0.05, 0.1) is 10.5 Å². The number of β-amino-alcohol motifs (C(OH)–C–C–N with tert-alkyl or cyclic N) is 1. The van der Waals surface area contributed by atoms with E-state index in [9.17, 15) is 15.2 Å². The second kappa shape index (κ2) is 4.43. The number of aliphatic hydroxyl groups is 1. The molecule has 0 bridgehead atoms. The molecule has 7 heteroatoms. The molecule has 1 aliphatic heterocycles. The van der Waals surface area contributed by atoms with Crippen molar-refractivity contribution in [1.82, 2.24) is 0 Å². The Morgan fingerprint density at radius 2 is 2.33 bits per heavy atom. The van der Waals surface area contributed by atoms with Crippen molar-refractivity contribution in [3.63, 3.8) is 0 Å². The topological polar surface area (TPSA) is 105 Å². The first-order valence-corrected chi connectivity index (χ1v) is 5.66. The van der Waals surface area contributed by atoms with E-state index in [0.29, 0.717) is 25.2 Å². The molecule has 1 heterocycles. The number of para-hydroxylation sites is 1. The fraction of sp³-hybridized carbons (Fsp3) is 0.455. The molecule has 1 aliphatic rings. The van der Waals surface area contributed by atoms with Crippen molar-refractivity contribution >= 4 is 17.1 Å². The van der Waals surface area contributed by atoms with Gasteiger partial charge in [0, 0.05) is 13.1 Å². The number of hydrogen-bond acceptors (Lipinski definition) is 6. The van der Waals surface area contributed by atoms with E-state index in [1.54, 1.807) is 30.0 Å². The molecular weight excluding hydrogens is 236 g/mol. The van der Waals surface area contributed by atoms with E-state index in [1.165, 1.54) is 0 Å². The Hall–Kier alpha value is -1.86. The van der Waals surface area contributed by atoms with Crippen molar-refractivity contribution in [3.8, 4) is 0 Å². The molecule has 0 amide bonds. The summed E-state index contributed by atoms with van der Waals surface area (Å²) in [4.78, 5) is 12.5. The molecule has 0 spiro atoms. The monoisotopic (exact) mass is 252 g/mol. The predicted octanol–water partition coefficient (Wildman–Crippen LogP) is 0.841. The molecule has 1 fully saturated rings. The van der Waals surface area contributed by atoms with E-state index in [1.807, 2.05) is 0 Å². The van der Waals surface area contributed by atoms with E-state index < -0.39 is 10.5 Å². The van der Waals surface area contributed by atoms with Crippen LogP contribution in [0.2, 0.25) is 0 Å². The van der Waals surface area contributed by atoms with Gasteiger partial charge >= 0.3 is 5.69 Å². The first kappa shape index (κ1) is 12.6. The fourth-order valence-electron chi connectivity index (χ4n) is 2.25. The summed E-state index contributed by atoms with van der Waals surface area (Å²) in [6, 6.07) is 4.92. The molecule has 1 unspecified atom stereocenters. The minimum Gasteiger partial charge on any atom is -0.388 e. The first-order valence-electron chi connectivity index (χ1n) is 5.66. The Labute approximate surface area is 104 Å². The van der Waals surface area contributed by atoms with Crippen molar-refractivity contribution in [3.05, 3.63) is 28.3 Å². The maximum absolute atomic E-state index is 11.1. The first-order chi connectivity index (χ1) is 8.44. The van der Waals surface area contributed by atoms with Crippen LogP contribution in [0, 0.1) is 10.1 Å². The zero-order valence-corrected chi connectivity index (χ0v) is 10.1. The van der Waals surface area contributed by atoms with Gasteiger partial charge in [-0.3, -0.25) is 16.0 Å². The Balaban J connectivity index is 2.42. The Morgan fingerprint density at radius 3 is 2.83 bits per heavy atom. The van der Waals surface area contributed by atoms with Crippen LogP contribution >= 0.6 is 0 Å². The van der Waals surface area contributed by atoms with E-state index in [0.717, 1.165) is 0 Å². The predicted molar refractivity (Wildman–Crippen MR) is 68.4 cm³/mol. The maximum atomic E-state index is 11.1. The van der Waals surface area contributed by atoms with Gasteiger partial charge in [-0.25, -0.2) is 0 Å². The summed E-state index contributed by atoms with van der Waals surface area (Å²) in [6.07, 6.45) is 0.588. The third kappa shape index (κ3) is 2.22. The molecule has 1 atom stereocenters. The fourth-order valence-corrected chi connectivity index (χ4v) is 2.25. The summed E-state index contributed by atoms with van der Waals surface area (Å²) < 4.78 is 0. The largest absolute Gasteiger partial charge is 0.388 e. The third-order valence-electron chi connectivity index (χ3n) is 3.15. The summed E-state index contributed by atoms with van der Waals surface area (Å²) in [5.74, 6) is 5.29. The van der Waals surface area contributed by atoms with Gasteiger partial charge in [-0.1, -0.05) is 6.07 Å². The lowest BCUT2D eigenvalue weighted by Gasteiger charge is -2.21. The minimum atomic E-state index is -0.806. The number of nitro benzene ring substituents is 1. The lowest BCUT2D eigenvalue weighted by atomic mass is 10.1. The van der Waals surface area contributed by atoms with Crippen LogP contribution in [-0.2, 0) is 0 Å². The minimum absolute atomic E-state index is 0.0577. The smallest absolute Gasteiger partial charge is 0.316 e. The van der Waals surface area contributed by atoms with Crippen LogP contribution in [-0.4, -0.2) is 28.7 Å². The van der Waals surface area contributed by atoms with Crippen molar-refractivity contribution in [2.75, 3.05) is 23.4 Å². The highest BCUT2D eigenvalue weighted by atomic mass is 16.6. The van der Waals surface area contributed by atoms with Crippen LogP contribution < -0.4 is 16.2 Å². The molecular formula is C11H16N4O3. The summed E-state index contributed by atoms with van der Waals surface area (Å²) in [5.41, 5.74) is 2.21. The highest BCUT2D eigenvalue weighted by Gasteiger charge is 2.35. The van der Waals surface area contributed by atoms with Crippen LogP contribution in [0.15, 0.2) is 18.2 Å². The highest BCUT2D eigenvalue weighted by Crippen LogP contribution is 2.37. The number of nitro groups is 1. The van der Waals surface area contributed by atoms with Crippen LogP contribution in [0.1, 0.15) is 13.3 Å². The molecule has 1 saturated heterocycles. The Kier molecular flexibility index (Phi) is 3.10. The number of nitrogens with zero attached hydrogens (tertiary/aromatic N) is 2. The third-order valence-corrected chi connectivity index (χ3v) is 3.15. The second-order valence-corrected chi connectivity index (χ2v) is 4.74. The summed E-state index contributed by atoms with van der Waals surface area (Å²) in [7, 11) is 0. The highest BCUT2D eigenvalue weighted by molar-refractivity contribution is 5.77. The maximum Gasteiger partial charge on any atom is 0.316 e. The van der Waals surface area contributed by atoms with Gasteiger partial charge in [-0.05, 0) is 25.5 Å². The molecule has 2 rings (SSSR count). The van der Waals surface area contributed by atoms with Crippen LogP contribution in [0.5, 0.6) is 0 Å². The second-order valence-electron chi connectivity index (χ2n) is 4.74. The molecule has 1 aromatic rings. The number of nitrogen functional groups attached to an aromatic ring is 1. The average molecular weight is 252 g/mol. The normalized spacial score (nSPS) is 23.2. The molecule has 0 radical (unpaired) electrons. The molecule has 18 heavy (non-hydrogen) atoms. The quantitative estimate of drug-likeness (QED) is 0.418. The molecule has 0 aromatic heterocycles. The zero-order chi connectivity index (χ0) is 13.3. The summed E-state index contributed by atoms with van der Waals surface area (Å²) in [5, 5.41) is 21.1. The van der Waals surface area contributed by atoms with E-state index in [4.69, 9.17) is 5.84 Å². The van der Waals surface area contributed by atoms with Gasteiger partial charge in [0.25, 0.3) is 0 Å². The van der Waals surface area contributed by atoms with Gasteiger partial charge in [0.15, 0.2) is 0 Å². The van der Waals surface area contributed by atoms with E-state index in [2.05, 4.69) is 5.43 Å². The van der Waals surface area contributed by atoms with Gasteiger partial charge in [0.2, 0.25) is 0 Å². The molecule has 98 valence electrons. The van der Waals surface area contributed by atoms with Gasteiger partial charge in [-0.2, -0.15) is 0 Å². The number of hydrogen-bond donors (Lipinski definition) is 3. The zero-order valence-electron chi connectivity index (χ0n) is 10.1. The van der Waals surface area contributed by atoms with E-state index in [-0.39, 0.29) is 11.4 Å². The van der Waals surface area contributed by atoms with Crippen LogP contribution in [0.25, 0.3) is 0 Å². The number of nitrogens with two attached hydrogens (primary N) is 1. The van der Waals surface area contributed by atoms with Crippen LogP contribution in [0.4, 0.5) is 17.1 Å². The average Bonchev–Trinajstić information content (AvgIpc) is 2.68. The Morgan fingerprint density at radius 1 is 1.61 bits per heavy atom. The van der Waals surface area contributed by atoms with Gasteiger partial charge < -0.3 is 15.4 Å². The number of anilines is 2. The number of benzene rings is 1. The summed E-state index contributed by atoms with van der Waals surface area (Å²) >= 11 is 0. The SMILES string of the molecule is CC1(O)CCN(c2cccc(NN)c2[N+](=O)[O-])C1. The molecule has 7 nitrogen and oxygen atoms in total.